The van der Waals surface area contributed by atoms with Gasteiger partial charge in [0.2, 0.25) is 5.91 Å². The van der Waals surface area contributed by atoms with Gasteiger partial charge >= 0.3 is 0 Å². The average Bonchev–Trinajstić information content (AvgIpc) is 2.82. The zero-order valence-corrected chi connectivity index (χ0v) is 19.1. The van der Waals surface area contributed by atoms with Crippen molar-refractivity contribution in [3.63, 3.8) is 0 Å². The third kappa shape index (κ3) is 5.84. The van der Waals surface area contributed by atoms with Crippen molar-refractivity contribution >= 4 is 11.6 Å². The molecule has 4 rings (SSSR count). The fraction of sp³-hybridized carbons (Fsp3) is 0.321. The molecule has 3 aromatic carbocycles. The molecule has 0 spiro atoms. The predicted octanol–water partition coefficient (Wildman–Crippen LogP) is 5.24. The van der Waals surface area contributed by atoms with Gasteiger partial charge in [0.1, 0.15) is 6.04 Å². The van der Waals surface area contributed by atoms with E-state index in [1.165, 1.54) is 5.56 Å². The lowest BCUT2D eigenvalue weighted by molar-refractivity contribution is -0.118. The smallest absolute Gasteiger partial charge is 0.246 e. The molecule has 32 heavy (non-hydrogen) atoms. The molecule has 0 aliphatic carbocycles. The van der Waals surface area contributed by atoms with E-state index in [0.29, 0.717) is 6.04 Å². The van der Waals surface area contributed by atoms with Crippen LogP contribution in [0.15, 0.2) is 78.9 Å². The van der Waals surface area contributed by atoms with Crippen molar-refractivity contribution < 1.29 is 4.79 Å². The topological polar surface area (TPSA) is 44.4 Å². The maximum absolute atomic E-state index is 13.4. The molecule has 0 unspecified atom stereocenters. The van der Waals surface area contributed by atoms with E-state index in [0.717, 1.165) is 54.9 Å². The van der Waals surface area contributed by atoms with E-state index < -0.39 is 0 Å². The van der Waals surface area contributed by atoms with E-state index in [2.05, 4.69) is 58.0 Å². The van der Waals surface area contributed by atoms with Gasteiger partial charge in [0.05, 0.1) is 0 Å². The summed E-state index contributed by atoms with van der Waals surface area (Å²) in [5.41, 5.74) is 5.46. The van der Waals surface area contributed by atoms with Gasteiger partial charge in [-0.15, -0.1) is 0 Å². The van der Waals surface area contributed by atoms with E-state index in [1.54, 1.807) is 0 Å². The van der Waals surface area contributed by atoms with Crippen LogP contribution in [-0.4, -0.2) is 29.9 Å². The lowest BCUT2D eigenvalue weighted by atomic mass is 9.99. The Balaban J connectivity index is 1.41. The van der Waals surface area contributed by atoms with Crippen LogP contribution in [0, 0.1) is 13.8 Å². The SMILES string of the molecule is Cc1ccc(C)c(NC(=O)[C@H](NC2CCN(Cc3ccccc3)CC2)c2ccccc2)c1. The summed E-state index contributed by atoms with van der Waals surface area (Å²) < 4.78 is 0. The van der Waals surface area contributed by atoms with E-state index in [1.807, 2.05) is 50.2 Å². The first-order valence-corrected chi connectivity index (χ1v) is 11.5. The molecular weight excluding hydrogens is 394 g/mol. The van der Waals surface area contributed by atoms with Gasteiger partial charge in [0.25, 0.3) is 0 Å². The summed E-state index contributed by atoms with van der Waals surface area (Å²) in [5.74, 6) is -0.00313. The first-order chi connectivity index (χ1) is 15.6. The Bertz CT molecular complexity index is 1010. The van der Waals surface area contributed by atoms with Crippen LogP contribution < -0.4 is 10.6 Å². The number of carbonyl (C=O) groups is 1. The molecular formula is C28H33N3O. The molecule has 1 fully saturated rings. The number of likely N-dealkylation sites (tertiary alicyclic amines) is 1. The molecule has 0 aromatic heterocycles. The molecule has 1 amide bonds. The van der Waals surface area contributed by atoms with Gasteiger partial charge < -0.3 is 5.32 Å². The second-order valence-electron chi connectivity index (χ2n) is 8.85. The number of piperidine rings is 1. The van der Waals surface area contributed by atoms with Crippen molar-refractivity contribution in [1.29, 1.82) is 0 Å². The van der Waals surface area contributed by atoms with Crippen molar-refractivity contribution in [3.8, 4) is 0 Å². The lowest BCUT2D eigenvalue weighted by Crippen LogP contribution is -2.46. The van der Waals surface area contributed by atoms with E-state index >= 15 is 0 Å². The molecule has 166 valence electrons. The second kappa shape index (κ2) is 10.6. The Morgan fingerprint density at radius 2 is 1.59 bits per heavy atom. The van der Waals surface area contributed by atoms with Crippen LogP contribution in [0.25, 0.3) is 0 Å². The minimum Gasteiger partial charge on any atom is -0.324 e. The van der Waals surface area contributed by atoms with Gasteiger partial charge in [0.15, 0.2) is 0 Å². The van der Waals surface area contributed by atoms with E-state index in [-0.39, 0.29) is 11.9 Å². The number of benzene rings is 3. The molecule has 2 N–H and O–H groups in total. The molecule has 0 saturated carbocycles. The molecule has 0 radical (unpaired) electrons. The average molecular weight is 428 g/mol. The second-order valence-corrected chi connectivity index (χ2v) is 8.85. The summed E-state index contributed by atoms with van der Waals surface area (Å²) >= 11 is 0. The molecule has 4 nitrogen and oxygen atoms in total. The zero-order chi connectivity index (χ0) is 22.3. The molecule has 1 saturated heterocycles. The minimum atomic E-state index is -0.373. The maximum atomic E-state index is 13.4. The molecule has 1 aliphatic heterocycles. The van der Waals surface area contributed by atoms with Gasteiger partial charge in [-0.25, -0.2) is 0 Å². The van der Waals surface area contributed by atoms with Gasteiger partial charge in [0, 0.05) is 18.3 Å². The molecule has 4 heteroatoms. The maximum Gasteiger partial charge on any atom is 0.246 e. The lowest BCUT2D eigenvalue weighted by Gasteiger charge is -2.34. The summed E-state index contributed by atoms with van der Waals surface area (Å²) in [5, 5.41) is 6.84. The standard InChI is InChI=1S/C28H33N3O/c1-21-13-14-22(2)26(19-21)30-28(32)27(24-11-7-4-8-12-24)29-25-15-17-31(18-16-25)20-23-9-5-3-6-10-23/h3-14,19,25,27,29H,15-18,20H2,1-2H3,(H,30,32)/t27-/m1/s1. The quantitative estimate of drug-likeness (QED) is 0.542. The highest BCUT2D eigenvalue weighted by Gasteiger charge is 2.27. The largest absolute Gasteiger partial charge is 0.324 e. The Labute approximate surface area is 191 Å². The summed E-state index contributed by atoms with van der Waals surface area (Å²) in [6, 6.07) is 26.8. The third-order valence-corrected chi connectivity index (χ3v) is 6.28. The first-order valence-electron chi connectivity index (χ1n) is 11.5. The predicted molar refractivity (Wildman–Crippen MR) is 132 cm³/mol. The molecule has 1 heterocycles. The Morgan fingerprint density at radius 3 is 2.28 bits per heavy atom. The minimum absolute atomic E-state index is 0.00313. The summed E-state index contributed by atoms with van der Waals surface area (Å²) in [6.45, 7) is 7.13. The van der Waals surface area contributed by atoms with Gasteiger partial charge in [-0.3, -0.25) is 15.0 Å². The van der Waals surface area contributed by atoms with Crippen LogP contribution in [0.2, 0.25) is 0 Å². The number of rotatable bonds is 7. The fourth-order valence-corrected chi connectivity index (χ4v) is 4.38. The monoisotopic (exact) mass is 427 g/mol. The summed E-state index contributed by atoms with van der Waals surface area (Å²) in [6.07, 6.45) is 2.07. The van der Waals surface area contributed by atoms with Crippen molar-refractivity contribution in [3.05, 3.63) is 101 Å². The number of aryl methyl sites for hydroxylation is 2. The van der Waals surface area contributed by atoms with Crippen molar-refractivity contribution in [2.45, 2.75) is 45.3 Å². The summed E-state index contributed by atoms with van der Waals surface area (Å²) in [7, 11) is 0. The normalized spacial score (nSPS) is 15.9. The van der Waals surface area contributed by atoms with Crippen LogP contribution in [0.1, 0.15) is 41.1 Å². The number of carbonyl (C=O) groups excluding carboxylic acids is 1. The highest BCUT2D eigenvalue weighted by Crippen LogP contribution is 2.23. The highest BCUT2D eigenvalue weighted by atomic mass is 16.2. The Hall–Kier alpha value is -2.95. The van der Waals surface area contributed by atoms with Crippen LogP contribution in [-0.2, 0) is 11.3 Å². The number of anilines is 1. The molecule has 1 atom stereocenters. The number of hydrogen-bond acceptors (Lipinski definition) is 3. The van der Waals surface area contributed by atoms with Gasteiger partial charge in [-0.1, -0.05) is 72.8 Å². The number of nitrogens with one attached hydrogen (secondary N) is 2. The molecule has 0 bridgehead atoms. The van der Waals surface area contributed by atoms with Crippen LogP contribution >= 0.6 is 0 Å². The Morgan fingerprint density at radius 1 is 0.938 bits per heavy atom. The summed E-state index contributed by atoms with van der Waals surface area (Å²) in [4.78, 5) is 15.9. The van der Waals surface area contributed by atoms with Gasteiger partial charge in [-0.2, -0.15) is 0 Å². The third-order valence-electron chi connectivity index (χ3n) is 6.28. The highest BCUT2D eigenvalue weighted by molar-refractivity contribution is 5.96. The number of nitrogens with zero attached hydrogens (tertiary/aromatic N) is 1. The molecule has 1 aliphatic rings. The Kier molecular flexibility index (Phi) is 7.35. The van der Waals surface area contributed by atoms with Gasteiger partial charge in [-0.05, 0) is 68.1 Å². The van der Waals surface area contributed by atoms with E-state index in [4.69, 9.17) is 0 Å². The van der Waals surface area contributed by atoms with Crippen LogP contribution in [0.5, 0.6) is 0 Å². The fourth-order valence-electron chi connectivity index (χ4n) is 4.38. The van der Waals surface area contributed by atoms with Crippen molar-refractivity contribution in [1.82, 2.24) is 10.2 Å². The van der Waals surface area contributed by atoms with Crippen molar-refractivity contribution in [2.24, 2.45) is 0 Å². The van der Waals surface area contributed by atoms with Crippen LogP contribution in [0.3, 0.4) is 0 Å². The number of hydrogen-bond donors (Lipinski definition) is 2. The molecule has 3 aromatic rings. The zero-order valence-electron chi connectivity index (χ0n) is 19.1. The van der Waals surface area contributed by atoms with Crippen LogP contribution in [0.4, 0.5) is 5.69 Å². The van der Waals surface area contributed by atoms with Crippen molar-refractivity contribution in [2.75, 3.05) is 18.4 Å². The first kappa shape index (κ1) is 22.3. The van der Waals surface area contributed by atoms with E-state index in [9.17, 15) is 4.79 Å². The number of amides is 1.